The van der Waals surface area contributed by atoms with Crippen molar-refractivity contribution in [3.63, 3.8) is 0 Å². The number of carbonyl (C=O) groups excluding carboxylic acids is 3. The van der Waals surface area contributed by atoms with Gasteiger partial charge in [0.2, 0.25) is 0 Å². The highest BCUT2D eigenvalue weighted by Crippen LogP contribution is 2.17. The zero-order valence-corrected chi connectivity index (χ0v) is 48.7. The maximum Gasteiger partial charge on any atom is 0.306 e. The molecular formula is C67H120O6. The second-order valence-corrected chi connectivity index (χ2v) is 21.3. The van der Waals surface area contributed by atoms with Crippen LogP contribution in [0.3, 0.4) is 0 Å². The molecule has 0 saturated carbocycles. The van der Waals surface area contributed by atoms with Crippen LogP contribution in [0.25, 0.3) is 0 Å². The molecule has 73 heavy (non-hydrogen) atoms. The van der Waals surface area contributed by atoms with Crippen LogP contribution in [-0.2, 0) is 28.6 Å². The van der Waals surface area contributed by atoms with Crippen LogP contribution in [-0.4, -0.2) is 37.2 Å². The van der Waals surface area contributed by atoms with Gasteiger partial charge in [-0.15, -0.1) is 0 Å². The summed E-state index contributed by atoms with van der Waals surface area (Å²) < 4.78 is 16.9. The summed E-state index contributed by atoms with van der Waals surface area (Å²) in [5, 5.41) is 0. The van der Waals surface area contributed by atoms with Gasteiger partial charge in [-0.3, -0.25) is 14.4 Å². The summed E-state index contributed by atoms with van der Waals surface area (Å²) in [7, 11) is 0. The van der Waals surface area contributed by atoms with Gasteiger partial charge in [0.05, 0.1) is 0 Å². The lowest BCUT2D eigenvalue weighted by Crippen LogP contribution is -2.30. The molecule has 1 unspecified atom stereocenters. The highest BCUT2D eigenvalue weighted by Gasteiger charge is 2.19. The average molecular weight is 1020 g/mol. The molecule has 0 rings (SSSR count). The van der Waals surface area contributed by atoms with Gasteiger partial charge in [0.1, 0.15) is 13.2 Å². The van der Waals surface area contributed by atoms with E-state index in [0.29, 0.717) is 19.3 Å². The Bertz CT molecular complexity index is 1310. The van der Waals surface area contributed by atoms with Crippen LogP contribution in [0.2, 0.25) is 0 Å². The lowest BCUT2D eigenvalue weighted by atomic mass is 10.0. The van der Waals surface area contributed by atoms with Crippen LogP contribution in [0.5, 0.6) is 0 Å². The third-order valence-electron chi connectivity index (χ3n) is 14.0. The Balaban J connectivity index is 4.27. The molecule has 0 aliphatic carbocycles. The van der Waals surface area contributed by atoms with Crippen LogP contribution in [0, 0.1) is 0 Å². The topological polar surface area (TPSA) is 78.9 Å². The summed E-state index contributed by atoms with van der Waals surface area (Å²) in [6, 6.07) is 0. The molecule has 0 N–H and O–H groups in total. The zero-order chi connectivity index (χ0) is 52.9. The maximum absolute atomic E-state index is 12.9. The number of rotatable bonds is 58. The van der Waals surface area contributed by atoms with E-state index in [1.807, 2.05) is 0 Å². The molecule has 0 aromatic rings. The standard InChI is InChI=1S/C67H120O6/c1-4-7-10-13-16-19-22-25-27-29-30-31-32-33-34-35-36-38-39-42-45-48-51-54-57-60-66(69)72-63-64(62-71-65(68)59-56-53-50-47-44-41-24-21-18-15-12-9-6-3)73-67(70)61-58-55-52-49-46-43-40-37-28-26-23-20-17-14-11-8-5-2/h7,10,16,19,21,24-25,27,30-31,64H,4-6,8-9,11-15,17-18,20,22-23,26,28-29,32-63H2,1-3H3/b10-7-,19-16-,24-21-,27-25-,31-30-. The van der Waals surface area contributed by atoms with Crippen molar-refractivity contribution in [2.45, 2.75) is 335 Å². The molecular weight excluding hydrogens is 901 g/mol. The summed E-state index contributed by atoms with van der Waals surface area (Å²) in [4.78, 5) is 38.3. The summed E-state index contributed by atoms with van der Waals surface area (Å²) in [6.07, 6.45) is 78.0. The second kappa shape index (κ2) is 61.7. The van der Waals surface area contributed by atoms with Crippen molar-refractivity contribution in [3.05, 3.63) is 60.8 Å². The van der Waals surface area contributed by atoms with Gasteiger partial charge in [0.15, 0.2) is 6.10 Å². The van der Waals surface area contributed by atoms with Crippen LogP contribution in [0.4, 0.5) is 0 Å². The van der Waals surface area contributed by atoms with Gasteiger partial charge in [0, 0.05) is 19.3 Å². The van der Waals surface area contributed by atoms with Crippen molar-refractivity contribution in [3.8, 4) is 0 Å². The van der Waals surface area contributed by atoms with Gasteiger partial charge < -0.3 is 14.2 Å². The normalized spacial score (nSPS) is 12.4. The van der Waals surface area contributed by atoms with Crippen molar-refractivity contribution in [1.29, 1.82) is 0 Å². The predicted octanol–water partition coefficient (Wildman–Crippen LogP) is 21.6. The number of hydrogen-bond acceptors (Lipinski definition) is 6. The smallest absolute Gasteiger partial charge is 0.306 e. The Kier molecular flexibility index (Phi) is 59.2. The molecule has 1 atom stereocenters. The number of ether oxygens (including phenoxy) is 3. The second-order valence-electron chi connectivity index (χ2n) is 21.3. The Labute approximate surface area is 453 Å². The van der Waals surface area contributed by atoms with Crippen molar-refractivity contribution in [1.82, 2.24) is 0 Å². The average Bonchev–Trinajstić information content (AvgIpc) is 3.39. The first-order chi connectivity index (χ1) is 36.0. The number of allylic oxidation sites excluding steroid dienone is 10. The third-order valence-corrected chi connectivity index (χ3v) is 14.0. The highest BCUT2D eigenvalue weighted by molar-refractivity contribution is 5.71. The van der Waals surface area contributed by atoms with Crippen LogP contribution in [0.15, 0.2) is 60.8 Å². The molecule has 424 valence electrons. The first-order valence-corrected chi connectivity index (χ1v) is 31.8. The van der Waals surface area contributed by atoms with Crippen LogP contribution in [0.1, 0.15) is 329 Å². The highest BCUT2D eigenvalue weighted by atomic mass is 16.6. The van der Waals surface area contributed by atoms with Crippen molar-refractivity contribution in [2.24, 2.45) is 0 Å². The fourth-order valence-electron chi connectivity index (χ4n) is 9.25. The van der Waals surface area contributed by atoms with Gasteiger partial charge in [0.25, 0.3) is 0 Å². The summed E-state index contributed by atoms with van der Waals surface area (Å²) in [6.45, 7) is 6.55. The molecule has 0 radical (unpaired) electrons. The minimum atomic E-state index is -0.776. The molecule has 0 aromatic carbocycles. The monoisotopic (exact) mass is 1020 g/mol. The van der Waals surface area contributed by atoms with Crippen molar-refractivity contribution < 1.29 is 28.6 Å². The first kappa shape index (κ1) is 70.1. The zero-order valence-electron chi connectivity index (χ0n) is 48.7. The van der Waals surface area contributed by atoms with Crippen LogP contribution < -0.4 is 0 Å². The van der Waals surface area contributed by atoms with E-state index in [1.54, 1.807) is 0 Å². The van der Waals surface area contributed by atoms with E-state index in [9.17, 15) is 14.4 Å². The Morgan fingerprint density at radius 1 is 0.288 bits per heavy atom. The molecule has 6 nitrogen and oxygen atoms in total. The van der Waals surface area contributed by atoms with E-state index in [0.717, 1.165) is 89.9 Å². The summed E-state index contributed by atoms with van der Waals surface area (Å²) in [5.74, 6) is -0.866. The van der Waals surface area contributed by atoms with Gasteiger partial charge in [-0.05, 0) is 83.5 Å². The van der Waals surface area contributed by atoms with Gasteiger partial charge >= 0.3 is 17.9 Å². The number of unbranched alkanes of at least 4 members (excludes halogenated alkanes) is 37. The minimum absolute atomic E-state index is 0.0740. The molecule has 0 fully saturated rings. The number of hydrogen-bond donors (Lipinski definition) is 0. The quantitative estimate of drug-likeness (QED) is 0.0261. The third kappa shape index (κ3) is 59.9. The van der Waals surface area contributed by atoms with E-state index in [4.69, 9.17) is 14.2 Å². The lowest BCUT2D eigenvalue weighted by Gasteiger charge is -2.18. The molecule has 0 bridgehead atoms. The first-order valence-electron chi connectivity index (χ1n) is 31.8. The predicted molar refractivity (Wildman–Crippen MR) is 316 cm³/mol. The number of carbonyl (C=O) groups is 3. The summed E-state index contributed by atoms with van der Waals surface area (Å²) in [5.41, 5.74) is 0. The van der Waals surface area contributed by atoms with E-state index in [2.05, 4.69) is 81.5 Å². The van der Waals surface area contributed by atoms with Crippen molar-refractivity contribution >= 4 is 17.9 Å². The van der Waals surface area contributed by atoms with E-state index >= 15 is 0 Å². The molecule has 0 aliphatic rings. The maximum atomic E-state index is 12.9. The number of esters is 3. The van der Waals surface area contributed by atoms with Crippen molar-refractivity contribution in [2.75, 3.05) is 13.2 Å². The Morgan fingerprint density at radius 3 is 0.863 bits per heavy atom. The van der Waals surface area contributed by atoms with Gasteiger partial charge in [-0.2, -0.15) is 0 Å². The fraction of sp³-hybridized carbons (Fsp3) is 0.806. The molecule has 0 spiro atoms. The van der Waals surface area contributed by atoms with Gasteiger partial charge in [-0.25, -0.2) is 0 Å². The Morgan fingerprint density at radius 2 is 0.534 bits per heavy atom. The molecule has 0 aromatic heterocycles. The molecule has 0 heterocycles. The molecule has 0 saturated heterocycles. The SMILES string of the molecule is CC/C=C\C/C=C\C/C=C\C/C=C\CCCCCCCCCCCCCCC(=O)OCC(COC(=O)CCCCCCC/C=C\CCCCCC)OC(=O)CCCCCCCCCCCCCCCCCCC. The lowest BCUT2D eigenvalue weighted by molar-refractivity contribution is -0.167. The van der Waals surface area contributed by atoms with Crippen LogP contribution >= 0.6 is 0 Å². The Hall–Kier alpha value is -2.89. The molecule has 6 heteroatoms. The minimum Gasteiger partial charge on any atom is -0.462 e. The van der Waals surface area contributed by atoms with Gasteiger partial charge in [-0.1, -0.05) is 287 Å². The summed E-state index contributed by atoms with van der Waals surface area (Å²) >= 11 is 0. The van der Waals surface area contributed by atoms with E-state index in [1.165, 1.54) is 199 Å². The van der Waals surface area contributed by atoms with E-state index < -0.39 is 6.10 Å². The fourth-order valence-corrected chi connectivity index (χ4v) is 9.25. The largest absolute Gasteiger partial charge is 0.462 e. The molecule has 0 aliphatic heterocycles. The van der Waals surface area contributed by atoms with E-state index in [-0.39, 0.29) is 31.1 Å². The molecule has 0 amide bonds.